The van der Waals surface area contributed by atoms with E-state index in [1.54, 1.807) is 23.1 Å². The molecule has 4 nitrogen and oxygen atoms in total. The molecule has 1 atom stereocenters. The summed E-state index contributed by atoms with van der Waals surface area (Å²) in [6.07, 6.45) is 6.28. The Hall–Kier alpha value is -1.88. The lowest BCUT2D eigenvalue weighted by Crippen LogP contribution is -2.28. The summed E-state index contributed by atoms with van der Waals surface area (Å²) in [5.41, 5.74) is 0.670. The molecule has 1 saturated heterocycles. The van der Waals surface area contributed by atoms with Gasteiger partial charge in [-0.05, 0) is 31.5 Å². The predicted octanol–water partition coefficient (Wildman–Crippen LogP) is 2.25. The molecule has 0 radical (unpaired) electrons. The van der Waals surface area contributed by atoms with Gasteiger partial charge in [-0.15, -0.1) is 0 Å². The molecule has 5 heteroatoms. The van der Waals surface area contributed by atoms with Crippen LogP contribution in [0, 0.1) is 5.82 Å². The summed E-state index contributed by atoms with van der Waals surface area (Å²) in [7, 11) is 0. The van der Waals surface area contributed by atoms with Gasteiger partial charge in [-0.2, -0.15) is 0 Å². The van der Waals surface area contributed by atoms with Gasteiger partial charge in [-0.25, -0.2) is 4.39 Å². The van der Waals surface area contributed by atoms with Crippen molar-refractivity contribution in [3.05, 3.63) is 36.3 Å². The molecule has 2 aliphatic rings. The molecule has 1 aromatic rings. The summed E-state index contributed by atoms with van der Waals surface area (Å²) >= 11 is 0. The maximum Gasteiger partial charge on any atom is 0.167 e. The predicted molar refractivity (Wildman–Crippen MR) is 79.0 cm³/mol. The second-order valence-corrected chi connectivity index (χ2v) is 5.47. The number of Topliss-reactive ketones (excluding diaryl/α,β-unsaturated/α-hetero) is 1. The topological polar surface area (TPSA) is 41.6 Å². The normalized spacial score (nSPS) is 21.9. The largest absolute Gasteiger partial charge is 0.489 e. The average Bonchev–Trinajstić information content (AvgIpc) is 2.99. The Bertz CT molecular complexity index is 553. The van der Waals surface area contributed by atoms with E-state index in [0.29, 0.717) is 31.3 Å². The number of ketones is 1. The van der Waals surface area contributed by atoms with Gasteiger partial charge < -0.3 is 15.0 Å². The second-order valence-electron chi connectivity index (χ2n) is 5.47. The Balaban J connectivity index is 1.66. The Morgan fingerprint density at radius 3 is 3.05 bits per heavy atom. The fourth-order valence-electron chi connectivity index (χ4n) is 2.67. The van der Waals surface area contributed by atoms with Crippen LogP contribution in [0.3, 0.4) is 0 Å². The van der Waals surface area contributed by atoms with Crippen LogP contribution >= 0.6 is 0 Å². The number of nitrogens with one attached hydrogen (secondary N) is 1. The van der Waals surface area contributed by atoms with E-state index < -0.39 is 5.82 Å². The summed E-state index contributed by atoms with van der Waals surface area (Å²) in [6, 6.07) is 5.14. The van der Waals surface area contributed by atoms with Gasteiger partial charge in [-0.1, -0.05) is 6.08 Å². The number of hydrogen-bond donors (Lipinski definition) is 1. The summed E-state index contributed by atoms with van der Waals surface area (Å²) in [6.45, 7) is 1.78. The van der Waals surface area contributed by atoms with Crippen molar-refractivity contribution in [2.24, 2.45) is 0 Å². The number of allylic oxidation sites excluding steroid dienone is 1. The first-order valence-electron chi connectivity index (χ1n) is 7.33. The fourth-order valence-corrected chi connectivity index (χ4v) is 2.67. The van der Waals surface area contributed by atoms with Crippen molar-refractivity contribution >= 4 is 11.5 Å². The SMILES string of the molecule is O=C1CC=CN(c2ccc(OC[C@@H]3CCCN3)c(F)c2)C1. The van der Waals surface area contributed by atoms with Crippen LogP contribution in [0.5, 0.6) is 5.75 Å². The monoisotopic (exact) mass is 290 g/mol. The van der Waals surface area contributed by atoms with Crippen LogP contribution in [-0.2, 0) is 4.79 Å². The number of anilines is 1. The lowest BCUT2D eigenvalue weighted by Gasteiger charge is -2.23. The summed E-state index contributed by atoms with van der Waals surface area (Å²) in [5.74, 6) is 0.00206. The fraction of sp³-hybridized carbons (Fsp3) is 0.438. The van der Waals surface area contributed by atoms with Gasteiger partial charge in [0.2, 0.25) is 0 Å². The highest BCUT2D eigenvalue weighted by Gasteiger charge is 2.17. The van der Waals surface area contributed by atoms with Gasteiger partial charge >= 0.3 is 0 Å². The molecule has 112 valence electrons. The van der Waals surface area contributed by atoms with Gasteiger partial charge in [0.25, 0.3) is 0 Å². The van der Waals surface area contributed by atoms with E-state index in [4.69, 9.17) is 4.74 Å². The number of carbonyl (C=O) groups is 1. The first kappa shape index (κ1) is 14.1. The molecule has 0 aromatic heterocycles. The number of halogens is 1. The molecular weight excluding hydrogens is 271 g/mol. The molecule has 0 unspecified atom stereocenters. The highest BCUT2D eigenvalue weighted by molar-refractivity contribution is 5.86. The second kappa shape index (κ2) is 6.26. The van der Waals surface area contributed by atoms with Gasteiger partial charge in [0.05, 0.1) is 6.54 Å². The van der Waals surface area contributed by atoms with Crippen LogP contribution in [0.2, 0.25) is 0 Å². The van der Waals surface area contributed by atoms with E-state index in [1.165, 1.54) is 6.07 Å². The first-order valence-corrected chi connectivity index (χ1v) is 7.33. The zero-order valence-electron chi connectivity index (χ0n) is 11.8. The lowest BCUT2D eigenvalue weighted by atomic mass is 10.2. The van der Waals surface area contributed by atoms with E-state index in [9.17, 15) is 9.18 Å². The summed E-state index contributed by atoms with van der Waals surface area (Å²) in [5, 5.41) is 3.31. The minimum Gasteiger partial charge on any atom is -0.489 e. The van der Waals surface area contributed by atoms with Gasteiger partial charge in [0.1, 0.15) is 6.61 Å². The molecule has 1 aromatic carbocycles. The van der Waals surface area contributed by atoms with E-state index in [2.05, 4.69) is 5.32 Å². The van der Waals surface area contributed by atoms with Gasteiger partial charge in [0.15, 0.2) is 17.3 Å². The number of benzene rings is 1. The molecule has 0 amide bonds. The minimum absolute atomic E-state index is 0.130. The zero-order chi connectivity index (χ0) is 14.7. The minimum atomic E-state index is -0.392. The van der Waals surface area contributed by atoms with Gasteiger partial charge in [-0.3, -0.25) is 4.79 Å². The van der Waals surface area contributed by atoms with E-state index in [0.717, 1.165) is 19.4 Å². The third-order valence-corrected chi connectivity index (χ3v) is 3.83. The smallest absolute Gasteiger partial charge is 0.167 e. The lowest BCUT2D eigenvalue weighted by molar-refractivity contribution is -0.117. The van der Waals surface area contributed by atoms with Crippen molar-refractivity contribution in [3.8, 4) is 5.75 Å². The number of hydrogen-bond acceptors (Lipinski definition) is 4. The molecule has 0 saturated carbocycles. The van der Waals surface area contributed by atoms with Crippen molar-refractivity contribution in [1.29, 1.82) is 0 Å². The molecule has 21 heavy (non-hydrogen) atoms. The van der Waals surface area contributed by atoms with Crippen LogP contribution in [0.4, 0.5) is 10.1 Å². The Kier molecular flexibility index (Phi) is 4.20. The van der Waals surface area contributed by atoms with E-state index >= 15 is 0 Å². The molecule has 1 fully saturated rings. The number of rotatable bonds is 4. The Morgan fingerprint density at radius 2 is 2.33 bits per heavy atom. The van der Waals surface area contributed by atoms with Crippen LogP contribution < -0.4 is 15.0 Å². The van der Waals surface area contributed by atoms with Crippen LogP contribution in [0.25, 0.3) is 0 Å². The number of nitrogens with zero attached hydrogens (tertiary/aromatic N) is 1. The Labute approximate surface area is 123 Å². The maximum absolute atomic E-state index is 14.1. The molecule has 0 spiro atoms. The number of ether oxygens (including phenoxy) is 1. The molecule has 3 rings (SSSR count). The zero-order valence-corrected chi connectivity index (χ0v) is 11.8. The van der Waals surface area contributed by atoms with E-state index in [-0.39, 0.29) is 11.5 Å². The van der Waals surface area contributed by atoms with E-state index in [1.807, 2.05) is 6.20 Å². The van der Waals surface area contributed by atoms with Gasteiger partial charge in [0, 0.05) is 30.4 Å². The summed E-state index contributed by atoms with van der Waals surface area (Å²) < 4.78 is 19.6. The van der Waals surface area contributed by atoms with Crippen LogP contribution in [0.1, 0.15) is 19.3 Å². The van der Waals surface area contributed by atoms with Crippen molar-refractivity contribution < 1.29 is 13.9 Å². The molecule has 1 N–H and O–H groups in total. The van der Waals surface area contributed by atoms with Crippen molar-refractivity contribution in [3.63, 3.8) is 0 Å². The third-order valence-electron chi connectivity index (χ3n) is 3.83. The van der Waals surface area contributed by atoms with Crippen molar-refractivity contribution in [2.45, 2.75) is 25.3 Å². The molecule has 2 aliphatic heterocycles. The average molecular weight is 290 g/mol. The maximum atomic E-state index is 14.1. The summed E-state index contributed by atoms with van der Waals surface area (Å²) in [4.78, 5) is 13.2. The van der Waals surface area contributed by atoms with Crippen molar-refractivity contribution in [2.75, 3.05) is 24.6 Å². The highest BCUT2D eigenvalue weighted by Crippen LogP contribution is 2.25. The van der Waals surface area contributed by atoms with Crippen LogP contribution in [0.15, 0.2) is 30.5 Å². The molecule has 2 heterocycles. The first-order chi connectivity index (χ1) is 10.2. The highest BCUT2D eigenvalue weighted by atomic mass is 19.1. The standard InChI is InChI=1S/C16H19FN2O2/c17-15-9-13(19-8-2-4-14(20)10-19)5-6-16(15)21-11-12-3-1-7-18-12/h2,5-6,8-9,12,18H,1,3-4,7,10-11H2/t12-/m0/s1. The molecular formula is C16H19FN2O2. The third kappa shape index (κ3) is 3.42. The quantitative estimate of drug-likeness (QED) is 0.923. The Morgan fingerprint density at radius 1 is 1.43 bits per heavy atom. The van der Waals surface area contributed by atoms with Crippen LogP contribution in [-0.4, -0.2) is 31.5 Å². The molecule has 0 aliphatic carbocycles. The number of carbonyl (C=O) groups excluding carboxylic acids is 1. The van der Waals surface area contributed by atoms with Crippen molar-refractivity contribution in [1.82, 2.24) is 5.32 Å². The molecule has 0 bridgehead atoms.